The quantitative estimate of drug-likeness (QED) is 0.920. The van der Waals surface area contributed by atoms with E-state index in [-0.39, 0.29) is 0 Å². The molecule has 0 saturated heterocycles. The van der Waals surface area contributed by atoms with Crippen LogP contribution < -0.4 is 5.73 Å². The third-order valence-electron chi connectivity index (χ3n) is 4.36. The lowest BCUT2D eigenvalue weighted by Crippen LogP contribution is -2.08. The molecule has 2 heterocycles. The lowest BCUT2D eigenvalue weighted by molar-refractivity contribution is 0.337. The number of anilines is 1. The zero-order valence-corrected chi connectivity index (χ0v) is 11.6. The van der Waals surface area contributed by atoms with Gasteiger partial charge in [0, 0.05) is 12.6 Å². The van der Waals surface area contributed by atoms with Crippen molar-refractivity contribution in [1.29, 1.82) is 0 Å². The molecule has 1 saturated carbocycles. The van der Waals surface area contributed by atoms with Gasteiger partial charge in [0.05, 0.1) is 5.69 Å². The van der Waals surface area contributed by atoms with Gasteiger partial charge in [-0.2, -0.15) is 0 Å². The van der Waals surface area contributed by atoms with Crippen molar-refractivity contribution in [3.05, 3.63) is 23.7 Å². The van der Waals surface area contributed by atoms with Crippen molar-refractivity contribution in [2.24, 2.45) is 5.92 Å². The molecule has 4 nitrogen and oxygen atoms in total. The normalized spacial score (nSPS) is 17.1. The Hall–Kier alpha value is -1.58. The second kappa shape index (κ2) is 5.19. The van der Waals surface area contributed by atoms with E-state index in [1.54, 1.807) is 0 Å². The van der Waals surface area contributed by atoms with Gasteiger partial charge in [0.25, 0.3) is 0 Å². The molecule has 0 atom stereocenters. The third-order valence-corrected chi connectivity index (χ3v) is 4.36. The van der Waals surface area contributed by atoms with Gasteiger partial charge in [-0.3, -0.25) is 4.40 Å². The van der Waals surface area contributed by atoms with E-state index in [9.17, 15) is 0 Å². The number of nitrogen functional groups attached to an aromatic ring is 1. The number of hydrogen-bond acceptors (Lipinski definition) is 3. The first-order valence-electron chi connectivity index (χ1n) is 7.34. The predicted molar refractivity (Wildman–Crippen MR) is 77.0 cm³/mol. The molecule has 0 aliphatic heterocycles. The fourth-order valence-electron chi connectivity index (χ4n) is 3.07. The summed E-state index contributed by atoms with van der Waals surface area (Å²) in [6, 6.07) is 2.01. The van der Waals surface area contributed by atoms with Gasteiger partial charge in [-0.25, -0.2) is 0 Å². The third kappa shape index (κ3) is 2.57. The van der Waals surface area contributed by atoms with E-state index in [2.05, 4.69) is 10.2 Å². The minimum atomic E-state index is 0.811. The molecule has 1 fully saturated rings. The molecule has 0 unspecified atom stereocenters. The molecule has 102 valence electrons. The molecule has 0 spiro atoms. The standard InChI is InChI=1S/C15H22N4/c1-11-9-15-18-17-14(19(15)10-13(11)16)8-7-12-5-3-2-4-6-12/h9-10,12H,2-8,16H2,1H3. The van der Waals surface area contributed by atoms with E-state index in [1.165, 1.54) is 38.5 Å². The van der Waals surface area contributed by atoms with Crippen LogP contribution in [0.3, 0.4) is 0 Å². The number of hydrogen-bond donors (Lipinski definition) is 1. The second-order valence-electron chi connectivity index (χ2n) is 5.80. The van der Waals surface area contributed by atoms with Crippen LogP contribution in [0.25, 0.3) is 5.65 Å². The summed E-state index contributed by atoms with van der Waals surface area (Å²) in [5.74, 6) is 1.93. The molecule has 19 heavy (non-hydrogen) atoms. The van der Waals surface area contributed by atoms with Gasteiger partial charge in [-0.05, 0) is 30.9 Å². The van der Waals surface area contributed by atoms with Crippen LogP contribution in [-0.4, -0.2) is 14.6 Å². The van der Waals surface area contributed by atoms with Crippen LogP contribution in [0.15, 0.2) is 12.3 Å². The van der Waals surface area contributed by atoms with Crippen LogP contribution in [-0.2, 0) is 6.42 Å². The molecule has 2 aromatic rings. The Labute approximate surface area is 114 Å². The number of aromatic nitrogens is 3. The summed E-state index contributed by atoms with van der Waals surface area (Å²) in [4.78, 5) is 0. The van der Waals surface area contributed by atoms with Gasteiger partial charge in [0.2, 0.25) is 0 Å². The van der Waals surface area contributed by atoms with E-state index in [0.29, 0.717) is 0 Å². The Morgan fingerprint density at radius 2 is 2.05 bits per heavy atom. The largest absolute Gasteiger partial charge is 0.397 e. The van der Waals surface area contributed by atoms with E-state index >= 15 is 0 Å². The van der Waals surface area contributed by atoms with Crippen molar-refractivity contribution in [2.75, 3.05) is 5.73 Å². The molecule has 0 amide bonds. The molecule has 0 radical (unpaired) electrons. The fourth-order valence-corrected chi connectivity index (χ4v) is 3.07. The Morgan fingerprint density at radius 1 is 1.26 bits per heavy atom. The van der Waals surface area contributed by atoms with E-state index < -0.39 is 0 Å². The zero-order chi connectivity index (χ0) is 13.2. The summed E-state index contributed by atoms with van der Waals surface area (Å²) in [6.45, 7) is 2.01. The molecule has 0 aromatic carbocycles. The monoisotopic (exact) mass is 258 g/mol. The zero-order valence-electron chi connectivity index (χ0n) is 11.6. The minimum absolute atomic E-state index is 0.811. The van der Waals surface area contributed by atoms with Crippen LogP contribution in [0.1, 0.15) is 49.9 Å². The Morgan fingerprint density at radius 3 is 2.84 bits per heavy atom. The first-order valence-corrected chi connectivity index (χ1v) is 7.34. The molecular weight excluding hydrogens is 236 g/mol. The summed E-state index contributed by atoms with van der Waals surface area (Å²) in [5.41, 5.74) is 8.76. The van der Waals surface area contributed by atoms with Crippen LogP contribution in [0.2, 0.25) is 0 Å². The van der Waals surface area contributed by atoms with E-state index in [0.717, 1.165) is 35.1 Å². The first kappa shape index (κ1) is 12.5. The number of aryl methyl sites for hydroxylation is 2. The maximum Gasteiger partial charge on any atom is 0.161 e. The summed E-state index contributed by atoms with van der Waals surface area (Å²) in [6.07, 6.45) is 11.2. The molecule has 4 heteroatoms. The summed E-state index contributed by atoms with van der Waals surface area (Å²) < 4.78 is 2.05. The van der Waals surface area contributed by atoms with Crippen molar-refractivity contribution in [1.82, 2.24) is 14.6 Å². The SMILES string of the molecule is Cc1cc2nnc(CCC3CCCCC3)n2cc1N. The van der Waals surface area contributed by atoms with Gasteiger partial charge < -0.3 is 5.73 Å². The number of nitrogens with two attached hydrogens (primary N) is 1. The molecular formula is C15H22N4. The lowest BCUT2D eigenvalue weighted by atomic mass is 9.86. The average molecular weight is 258 g/mol. The van der Waals surface area contributed by atoms with Crippen molar-refractivity contribution >= 4 is 11.3 Å². The van der Waals surface area contributed by atoms with Crippen molar-refractivity contribution < 1.29 is 0 Å². The van der Waals surface area contributed by atoms with Gasteiger partial charge in [0.1, 0.15) is 5.82 Å². The molecule has 2 aromatic heterocycles. The molecule has 0 bridgehead atoms. The predicted octanol–water partition coefficient (Wildman–Crippen LogP) is 3.13. The van der Waals surface area contributed by atoms with Gasteiger partial charge >= 0.3 is 0 Å². The van der Waals surface area contributed by atoms with Crippen molar-refractivity contribution in [3.63, 3.8) is 0 Å². The lowest BCUT2D eigenvalue weighted by Gasteiger charge is -2.20. The minimum Gasteiger partial charge on any atom is -0.397 e. The Bertz CT molecular complexity index is 567. The van der Waals surface area contributed by atoms with Gasteiger partial charge in [0.15, 0.2) is 5.65 Å². The molecule has 1 aliphatic carbocycles. The van der Waals surface area contributed by atoms with Gasteiger partial charge in [-0.1, -0.05) is 32.1 Å². The molecule has 3 rings (SSSR count). The average Bonchev–Trinajstić information content (AvgIpc) is 2.80. The van der Waals surface area contributed by atoms with E-state index in [1.807, 2.05) is 23.6 Å². The highest BCUT2D eigenvalue weighted by atomic mass is 15.2. The number of nitrogens with zero attached hydrogens (tertiary/aromatic N) is 3. The highest BCUT2D eigenvalue weighted by Gasteiger charge is 2.15. The Balaban J connectivity index is 1.75. The first-order chi connectivity index (χ1) is 9.24. The van der Waals surface area contributed by atoms with Crippen LogP contribution in [0, 0.1) is 12.8 Å². The van der Waals surface area contributed by atoms with Gasteiger partial charge in [-0.15, -0.1) is 10.2 Å². The Kier molecular flexibility index (Phi) is 3.40. The maximum absolute atomic E-state index is 5.98. The second-order valence-corrected chi connectivity index (χ2v) is 5.80. The topological polar surface area (TPSA) is 56.2 Å². The highest BCUT2D eigenvalue weighted by Crippen LogP contribution is 2.27. The summed E-state index contributed by atoms with van der Waals surface area (Å²) in [7, 11) is 0. The van der Waals surface area contributed by atoms with Crippen molar-refractivity contribution in [2.45, 2.75) is 51.9 Å². The number of fused-ring (bicyclic) bond motifs is 1. The summed E-state index contributed by atoms with van der Waals surface area (Å²) in [5, 5.41) is 8.56. The van der Waals surface area contributed by atoms with Crippen LogP contribution >= 0.6 is 0 Å². The molecule has 1 aliphatic rings. The van der Waals surface area contributed by atoms with Crippen LogP contribution in [0.4, 0.5) is 5.69 Å². The van der Waals surface area contributed by atoms with Crippen molar-refractivity contribution in [3.8, 4) is 0 Å². The maximum atomic E-state index is 5.98. The number of pyridine rings is 1. The fraction of sp³-hybridized carbons (Fsp3) is 0.600. The molecule has 2 N–H and O–H groups in total. The van der Waals surface area contributed by atoms with Crippen LogP contribution in [0.5, 0.6) is 0 Å². The smallest absolute Gasteiger partial charge is 0.161 e. The highest BCUT2D eigenvalue weighted by molar-refractivity contribution is 5.53. The van der Waals surface area contributed by atoms with E-state index in [4.69, 9.17) is 5.73 Å². The number of rotatable bonds is 3. The summed E-state index contributed by atoms with van der Waals surface area (Å²) >= 11 is 0.